The molecular formula is C17H33NO. The standard InChI is InChI=1S/C17H33NO/c1-8-9-10-14-17(6,7)19-18-15(2,3)12-11-13-16(18,4)5/h8H,1,9-14H2,2-7H3. The Kier molecular flexibility index (Phi) is 5.25. The summed E-state index contributed by atoms with van der Waals surface area (Å²) in [4.78, 5) is 6.45. The van der Waals surface area contributed by atoms with Crippen molar-refractivity contribution in [1.29, 1.82) is 0 Å². The zero-order valence-corrected chi connectivity index (χ0v) is 13.9. The maximum absolute atomic E-state index is 6.45. The molecule has 1 aliphatic heterocycles. The van der Waals surface area contributed by atoms with Crippen LogP contribution in [0.15, 0.2) is 12.7 Å². The maximum Gasteiger partial charge on any atom is 0.0844 e. The van der Waals surface area contributed by atoms with E-state index < -0.39 is 0 Å². The fourth-order valence-corrected chi connectivity index (χ4v) is 3.19. The molecule has 19 heavy (non-hydrogen) atoms. The lowest BCUT2D eigenvalue weighted by molar-refractivity contribution is -0.330. The molecule has 0 saturated carbocycles. The third kappa shape index (κ3) is 4.61. The summed E-state index contributed by atoms with van der Waals surface area (Å²) in [7, 11) is 0. The van der Waals surface area contributed by atoms with Crippen LogP contribution in [-0.4, -0.2) is 21.7 Å². The number of hydrogen-bond donors (Lipinski definition) is 0. The molecule has 0 aromatic rings. The molecule has 112 valence electrons. The lowest BCUT2D eigenvalue weighted by Crippen LogP contribution is -2.60. The lowest BCUT2D eigenvalue weighted by atomic mass is 9.82. The van der Waals surface area contributed by atoms with Gasteiger partial charge in [0.2, 0.25) is 0 Å². The van der Waals surface area contributed by atoms with Crippen LogP contribution in [0.3, 0.4) is 0 Å². The number of hydrogen-bond acceptors (Lipinski definition) is 2. The Bertz CT molecular complexity index is 288. The van der Waals surface area contributed by atoms with E-state index in [1.165, 1.54) is 19.3 Å². The topological polar surface area (TPSA) is 12.5 Å². The van der Waals surface area contributed by atoms with E-state index in [1.54, 1.807) is 0 Å². The average Bonchev–Trinajstić information content (AvgIpc) is 2.23. The van der Waals surface area contributed by atoms with Gasteiger partial charge in [-0.1, -0.05) is 6.08 Å². The monoisotopic (exact) mass is 267 g/mol. The minimum atomic E-state index is -0.102. The molecule has 0 atom stereocenters. The van der Waals surface area contributed by atoms with Gasteiger partial charge < -0.3 is 0 Å². The molecule has 0 spiro atoms. The van der Waals surface area contributed by atoms with Gasteiger partial charge in [0.05, 0.1) is 5.60 Å². The maximum atomic E-state index is 6.45. The van der Waals surface area contributed by atoms with Gasteiger partial charge in [0, 0.05) is 11.1 Å². The summed E-state index contributed by atoms with van der Waals surface area (Å²) in [6.07, 6.45) is 8.98. The van der Waals surface area contributed by atoms with E-state index in [1.807, 2.05) is 6.08 Å². The Morgan fingerprint density at radius 3 is 2.16 bits per heavy atom. The van der Waals surface area contributed by atoms with Gasteiger partial charge in [-0.3, -0.25) is 4.84 Å². The molecule has 1 fully saturated rings. The van der Waals surface area contributed by atoms with Gasteiger partial charge in [-0.2, -0.15) is 5.06 Å². The Balaban J connectivity index is 2.72. The SMILES string of the molecule is C=CCCCC(C)(C)ON1C(C)(C)CCCC1(C)C. The first-order valence-corrected chi connectivity index (χ1v) is 7.71. The molecule has 0 amide bonds. The van der Waals surface area contributed by atoms with Crippen molar-refractivity contribution in [3.8, 4) is 0 Å². The molecule has 2 nitrogen and oxygen atoms in total. The van der Waals surface area contributed by atoms with Crippen LogP contribution in [0.5, 0.6) is 0 Å². The van der Waals surface area contributed by atoms with Crippen molar-refractivity contribution in [2.75, 3.05) is 0 Å². The minimum absolute atomic E-state index is 0.102. The number of rotatable bonds is 6. The predicted molar refractivity (Wildman–Crippen MR) is 83.1 cm³/mol. The molecule has 0 N–H and O–H groups in total. The van der Waals surface area contributed by atoms with Crippen LogP contribution in [0.2, 0.25) is 0 Å². The number of nitrogens with zero attached hydrogens (tertiary/aromatic N) is 1. The van der Waals surface area contributed by atoms with Crippen LogP contribution in [0, 0.1) is 0 Å². The summed E-state index contributed by atoms with van der Waals surface area (Å²) < 4.78 is 0. The second-order valence-corrected chi connectivity index (χ2v) is 7.80. The summed E-state index contributed by atoms with van der Waals surface area (Å²) in [6.45, 7) is 17.4. The molecule has 0 radical (unpaired) electrons. The molecular weight excluding hydrogens is 234 g/mol. The number of hydroxylamine groups is 2. The normalized spacial score (nSPS) is 23.3. The Morgan fingerprint density at radius 2 is 1.68 bits per heavy atom. The van der Waals surface area contributed by atoms with Gasteiger partial charge in [0.15, 0.2) is 0 Å². The first-order chi connectivity index (χ1) is 8.61. The highest BCUT2D eigenvalue weighted by Crippen LogP contribution is 2.40. The first kappa shape index (κ1) is 16.7. The van der Waals surface area contributed by atoms with Gasteiger partial charge >= 0.3 is 0 Å². The van der Waals surface area contributed by atoms with Crippen LogP contribution in [0.1, 0.15) is 80.1 Å². The van der Waals surface area contributed by atoms with Gasteiger partial charge in [0.25, 0.3) is 0 Å². The predicted octanol–water partition coefficient (Wildman–Crippen LogP) is 5.10. The summed E-state index contributed by atoms with van der Waals surface area (Å²) >= 11 is 0. The molecule has 1 rings (SSSR count). The van der Waals surface area contributed by atoms with Gasteiger partial charge in [0.1, 0.15) is 0 Å². The Morgan fingerprint density at radius 1 is 1.16 bits per heavy atom. The summed E-state index contributed by atoms with van der Waals surface area (Å²) in [5.41, 5.74) is 0.143. The summed E-state index contributed by atoms with van der Waals surface area (Å²) in [6, 6.07) is 0. The summed E-state index contributed by atoms with van der Waals surface area (Å²) in [5, 5.41) is 2.28. The van der Waals surface area contributed by atoms with Gasteiger partial charge in [-0.05, 0) is 80.1 Å². The number of allylic oxidation sites excluding steroid dienone is 1. The fourth-order valence-electron chi connectivity index (χ4n) is 3.19. The average molecular weight is 267 g/mol. The number of piperidine rings is 1. The van der Waals surface area contributed by atoms with Crippen LogP contribution in [0.4, 0.5) is 0 Å². The molecule has 1 heterocycles. The van der Waals surface area contributed by atoms with E-state index in [4.69, 9.17) is 4.84 Å². The largest absolute Gasteiger partial charge is 0.292 e. The van der Waals surface area contributed by atoms with Crippen molar-refractivity contribution >= 4 is 0 Å². The fraction of sp³-hybridized carbons (Fsp3) is 0.882. The summed E-state index contributed by atoms with van der Waals surface area (Å²) in [5.74, 6) is 0. The third-order valence-electron chi connectivity index (χ3n) is 4.20. The van der Waals surface area contributed by atoms with E-state index in [-0.39, 0.29) is 16.7 Å². The van der Waals surface area contributed by atoms with Crippen LogP contribution < -0.4 is 0 Å². The van der Waals surface area contributed by atoms with Crippen LogP contribution in [0.25, 0.3) is 0 Å². The molecule has 0 aliphatic carbocycles. The molecule has 2 heteroatoms. The minimum Gasteiger partial charge on any atom is -0.292 e. The molecule has 0 aromatic carbocycles. The zero-order valence-electron chi connectivity index (χ0n) is 13.9. The smallest absolute Gasteiger partial charge is 0.0844 e. The molecule has 1 saturated heterocycles. The Labute approximate surface area is 120 Å². The quantitative estimate of drug-likeness (QED) is 0.490. The van der Waals surface area contributed by atoms with E-state index in [0.717, 1.165) is 19.3 Å². The number of unbranched alkanes of at least 4 members (excludes halogenated alkanes) is 1. The van der Waals surface area contributed by atoms with E-state index in [9.17, 15) is 0 Å². The van der Waals surface area contributed by atoms with Crippen molar-refractivity contribution in [1.82, 2.24) is 5.06 Å². The first-order valence-electron chi connectivity index (χ1n) is 7.71. The van der Waals surface area contributed by atoms with Crippen molar-refractivity contribution in [3.05, 3.63) is 12.7 Å². The van der Waals surface area contributed by atoms with Crippen molar-refractivity contribution in [3.63, 3.8) is 0 Å². The van der Waals surface area contributed by atoms with Crippen molar-refractivity contribution < 1.29 is 4.84 Å². The van der Waals surface area contributed by atoms with E-state index in [2.05, 4.69) is 53.2 Å². The van der Waals surface area contributed by atoms with Crippen LogP contribution in [-0.2, 0) is 4.84 Å². The van der Waals surface area contributed by atoms with Gasteiger partial charge in [-0.25, -0.2) is 0 Å². The highest BCUT2D eigenvalue weighted by atomic mass is 16.7. The zero-order chi connectivity index (χ0) is 14.7. The third-order valence-corrected chi connectivity index (χ3v) is 4.20. The highest BCUT2D eigenvalue weighted by molar-refractivity contribution is 4.93. The molecule has 1 aliphatic rings. The van der Waals surface area contributed by atoms with Crippen LogP contribution >= 0.6 is 0 Å². The second kappa shape index (κ2) is 5.97. The lowest BCUT2D eigenvalue weighted by Gasteiger charge is -2.53. The van der Waals surface area contributed by atoms with Crippen molar-refractivity contribution in [2.24, 2.45) is 0 Å². The van der Waals surface area contributed by atoms with Gasteiger partial charge in [-0.15, -0.1) is 6.58 Å². The Hall–Kier alpha value is -0.340. The highest BCUT2D eigenvalue weighted by Gasteiger charge is 2.44. The van der Waals surface area contributed by atoms with E-state index >= 15 is 0 Å². The molecule has 0 bridgehead atoms. The molecule has 0 aromatic heterocycles. The molecule has 0 unspecified atom stereocenters. The second-order valence-electron chi connectivity index (χ2n) is 7.80. The van der Waals surface area contributed by atoms with E-state index in [0.29, 0.717) is 0 Å². The van der Waals surface area contributed by atoms with Crippen molar-refractivity contribution in [2.45, 2.75) is 96.7 Å².